The summed E-state index contributed by atoms with van der Waals surface area (Å²) in [5.41, 5.74) is 2.78. The Labute approximate surface area is 150 Å². The number of aryl methyl sites for hydroxylation is 1. The highest BCUT2D eigenvalue weighted by molar-refractivity contribution is 7.99. The standard InChI is InChI=1S/C17H21N5O2S/c1-10-19-16(22-21-10)25-9-14(23)18-8-15-20-12-7-11(17(2,3)4)5-6-13(12)24-15/h5-7H,8-9H2,1-4H3,(H,18,23)(H,19,21,22). The summed E-state index contributed by atoms with van der Waals surface area (Å²) in [5.74, 6) is 1.34. The molecule has 0 aliphatic heterocycles. The molecule has 0 saturated heterocycles. The fraction of sp³-hybridized carbons (Fsp3) is 0.412. The molecule has 3 rings (SSSR count). The maximum absolute atomic E-state index is 11.9. The largest absolute Gasteiger partial charge is 0.439 e. The molecule has 132 valence electrons. The molecule has 1 amide bonds. The van der Waals surface area contributed by atoms with Gasteiger partial charge in [-0.2, -0.15) is 0 Å². The smallest absolute Gasteiger partial charge is 0.230 e. The maximum Gasteiger partial charge on any atom is 0.230 e. The zero-order chi connectivity index (χ0) is 18.0. The first-order valence-electron chi connectivity index (χ1n) is 8.00. The lowest BCUT2D eigenvalue weighted by Gasteiger charge is -2.18. The van der Waals surface area contributed by atoms with Crippen molar-refractivity contribution in [1.82, 2.24) is 25.5 Å². The molecule has 2 heterocycles. The monoisotopic (exact) mass is 359 g/mol. The lowest BCUT2D eigenvalue weighted by molar-refractivity contribution is -0.118. The first-order valence-corrected chi connectivity index (χ1v) is 8.98. The van der Waals surface area contributed by atoms with Crippen molar-refractivity contribution in [3.63, 3.8) is 0 Å². The highest BCUT2D eigenvalue weighted by atomic mass is 32.2. The van der Waals surface area contributed by atoms with Gasteiger partial charge in [-0.1, -0.05) is 38.6 Å². The lowest BCUT2D eigenvalue weighted by Crippen LogP contribution is -2.24. The topological polar surface area (TPSA) is 96.7 Å². The molecule has 0 fully saturated rings. The van der Waals surface area contributed by atoms with Crippen LogP contribution >= 0.6 is 11.8 Å². The van der Waals surface area contributed by atoms with E-state index in [0.29, 0.717) is 11.0 Å². The van der Waals surface area contributed by atoms with Crippen molar-refractivity contribution in [3.05, 3.63) is 35.5 Å². The van der Waals surface area contributed by atoms with Gasteiger partial charge in [-0.25, -0.2) is 9.97 Å². The normalized spacial score (nSPS) is 11.8. The summed E-state index contributed by atoms with van der Waals surface area (Å²) in [6.07, 6.45) is 0. The number of aromatic amines is 1. The van der Waals surface area contributed by atoms with Crippen molar-refractivity contribution in [1.29, 1.82) is 0 Å². The molecule has 0 spiro atoms. The Morgan fingerprint density at radius 2 is 2.12 bits per heavy atom. The van der Waals surface area contributed by atoms with Crippen LogP contribution in [0, 0.1) is 6.92 Å². The Bertz CT molecular complexity index is 894. The van der Waals surface area contributed by atoms with Gasteiger partial charge in [-0.15, -0.1) is 5.10 Å². The number of hydrogen-bond acceptors (Lipinski definition) is 6. The first kappa shape index (κ1) is 17.5. The first-order chi connectivity index (χ1) is 11.8. The average Bonchev–Trinajstić information content (AvgIpc) is 3.14. The number of carbonyl (C=O) groups excluding carboxylic acids is 1. The molecule has 0 aliphatic carbocycles. The van der Waals surface area contributed by atoms with E-state index in [2.05, 4.69) is 46.3 Å². The van der Waals surface area contributed by atoms with Gasteiger partial charge in [0.2, 0.25) is 17.0 Å². The average molecular weight is 359 g/mol. The molecule has 7 nitrogen and oxygen atoms in total. The van der Waals surface area contributed by atoms with Gasteiger partial charge in [0.25, 0.3) is 0 Å². The summed E-state index contributed by atoms with van der Waals surface area (Å²) in [6, 6.07) is 6.01. The number of amides is 1. The van der Waals surface area contributed by atoms with Crippen LogP contribution in [0.5, 0.6) is 0 Å². The number of aromatic nitrogens is 4. The van der Waals surface area contributed by atoms with Gasteiger partial charge >= 0.3 is 0 Å². The molecule has 0 saturated carbocycles. The summed E-state index contributed by atoms with van der Waals surface area (Å²) in [4.78, 5) is 20.5. The SMILES string of the molecule is Cc1nc(SCC(=O)NCc2nc3cc(C(C)(C)C)ccc3o2)n[nH]1. The zero-order valence-corrected chi connectivity index (χ0v) is 15.5. The number of benzene rings is 1. The molecule has 0 unspecified atom stereocenters. The van der Waals surface area contributed by atoms with Crippen LogP contribution in [-0.2, 0) is 16.8 Å². The predicted molar refractivity (Wildman–Crippen MR) is 96.4 cm³/mol. The molecule has 1 aromatic carbocycles. The van der Waals surface area contributed by atoms with Crippen molar-refractivity contribution in [2.75, 3.05) is 5.75 Å². The molecule has 0 bridgehead atoms. The van der Waals surface area contributed by atoms with Crippen molar-refractivity contribution < 1.29 is 9.21 Å². The molecule has 2 N–H and O–H groups in total. The number of oxazole rings is 1. The summed E-state index contributed by atoms with van der Waals surface area (Å²) in [7, 11) is 0. The van der Waals surface area contributed by atoms with Gasteiger partial charge in [-0.3, -0.25) is 9.89 Å². The Morgan fingerprint density at radius 1 is 1.32 bits per heavy atom. The third-order valence-corrected chi connectivity index (χ3v) is 4.49. The van der Waals surface area contributed by atoms with Gasteiger partial charge in [0.15, 0.2) is 5.58 Å². The van der Waals surface area contributed by atoms with E-state index in [4.69, 9.17) is 4.42 Å². The van der Waals surface area contributed by atoms with Crippen LogP contribution in [0.15, 0.2) is 27.8 Å². The zero-order valence-electron chi connectivity index (χ0n) is 14.7. The summed E-state index contributed by atoms with van der Waals surface area (Å²) < 4.78 is 5.69. The van der Waals surface area contributed by atoms with Gasteiger partial charge < -0.3 is 9.73 Å². The van der Waals surface area contributed by atoms with Crippen LogP contribution < -0.4 is 5.32 Å². The number of carbonyl (C=O) groups is 1. The minimum atomic E-state index is -0.120. The minimum absolute atomic E-state index is 0.0530. The van der Waals surface area contributed by atoms with Gasteiger partial charge in [0, 0.05) is 0 Å². The highest BCUT2D eigenvalue weighted by Crippen LogP contribution is 2.26. The number of hydrogen-bond donors (Lipinski definition) is 2. The number of nitrogens with zero attached hydrogens (tertiary/aromatic N) is 3. The highest BCUT2D eigenvalue weighted by Gasteiger charge is 2.16. The van der Waals surface area contributed by atoms with E-state index in [1.54, 1.807) is 0 Å². The molecule has 2 aromatic heterocycles. The van der Waals surface area contributed by atoms with Gasteiger partial charge in [-0.05, 0) is 30.0 Å². The molecule has 8 heteroatoms. The second-order valence-corrected chi connectivity index (χ2v) is 7.75. The third kappa shape index (κ3) is 4.39. The van der Waals surface area contributed by atoms with Crippen molar-refractivity contribution >= 4 is 28.8 Å². The van der Waals surface area contributed by atoms with Crippen LogP contribution in [0.1, 0.15) is 38.0 Å². The maximum atomic E-state index is 11.9. The summed E-state index contributed by atoms with van der Waals surface area (Å²) in [6.45, 7) is 8.54. The predicted octanol–water partition coefficient (Wildman–Crippen LogP) is 2.96. The number of thioether (sulfide) groups is 1. The van der Waals surface area contributed by atoms with E-state index in [1.165, 1.54) is 17.3 Å². The second-order valence-electron chi connectivity index (χ2n) is 6.81. The van der Waals surface area contributed by atoms with Crippen molar-refractivity contribution in [3.8, 4) is 0 Å². The third-order valence-electron chi connectivity index (χ3n) is 3.64. The Hall–Kier alpha value is -2.35. The van der Waals surface area contributed by atoms with Gasteiger partial charge in [0.1, 0.15) is 11.3 Å². The minimum Gasteiger partial charge on any atom is -0.439 e. The van der Waals surface area contributed by atoms with Crippen LogP contribution in [0.2, 0.25) is 0 Å². The molecule has 0 atom stereocenters. The van der Waals surface area contributed by atoms with Gasteiger partial charge in [0.05, 0.1) is 12.3 Å². The van der Waals surface area contributed by atoms with E-state index in [1.807, 2.05) is 25.1 Å². The Balaban J connectivity index is 1.58. The van der Waals surface area contributed by atoms with E-state index in [-0.39, 0.29) is 23.6 Å². The fourth-order valence-corrected chi connectivity index (χ4v) is 2.93. The molecule has 0 radical (unpaired) electrons. The number of rotatable bonds is 5. The molecule has 25 heavy (non-hydrogen) atoms. The number of H-pyrrole nitrogens is 1. The number of fused-ring (bicyclic) bond motifs is 1. The summed E-state index contributed by atoms with van der Waals surface area (Å²) in [5, 5.41) is 10.1. The second kappa shape index (κ2) is 6.87. The van der Waals surface area contributed by atoms with E-state index >= 15 is 0 Å². The van der Waals surface area contributed by atoms with E-state index < -0.39 is 0 Å². The number of nitrogens with one attached hydrogen (secondary N) is 2. The molecular weight excluding hydrogens is 338 g/mol. The van der Waals surface area contributed by atoms with Crippen molar-refractivity contribution in [2.45, 2.75) is 44.8 Å². The van der Waals surface area contributed by atoms with Crippen LogP contribution in [0.25, 0.3) is 11.1 Å². The van der Waals surface area contributed by atoms with Crippen LogP contribution in [0.4, 0.5) is 0 Å². The quantitative estimate of drug-likeness (QED) is 0.680. The lowest BCUT2D eigenvalue weighted by atomic mass is 9.87. The molecular formula is C17H21N5O2S. The van der Waals surface area contributed by atoms with Crippen LogP contribution in [-0.4, -0.2) is 31.8 Å². The fourth-order valence-electron chi connectivity index (χ4n) is 2.26. The molecule has 3 aromatic rings. The van der Waals surface area contributed by atoms with E-state index in [9.17, 15) is 4.79 Å². The van der Waals surface area contributed by atoms with E-state index in [0.717, 1.165) is 16.9 Å². The summed E-state index contributed by atoms with van der Waals surface area (Å²) >= 11 is 1.28. The molecule has 0 aliphatic rings. The Morgan fingerprint density at radius 3 is 2.80 bits per heavy atom. The van der Waals surface area contributed by atoms with Crippen LogP contribution in [0.3, 0.4) is 0 Å². The Kier molecular flexibility index (Phi) is 4.80. The van der Waals surface area contributed by atoms with Crippen molar-refractivity contribution in [2.24, 2.45) is 0 Å².